The van der Waals surface area contributed by atoms with Crippen LogP contribution in [0.2, 0.25) is 0 Å². The predicted octanol–water partition coefficient (Wildman–Crippen LogP) is 23.9. The lowest BCUT2D eigenvalue weighted by Gasteiger charge is -2.24. The first kappa shape index (κ1) is 80.3. The Bertz CT molecular complexity index is 2110. The summed E-state index contributed by atoms with van der Waals surface area (Å²) in [6.07, 6.45) is 59.4. The van der Waals surface area contributed by atoms with Crippen LogP contribution in [-0.4, -0.2) is 82.4 Å². The standard InChI is InChI=1S/C79H140N12O2/c1-7-13-19-25-31-33-35-37-43-52-68-92-72-58-54-70(55-59-72)82-76-84-74(86-78(88-76)90(64-48-39-27-21-15-9-3)65-49-40-28-22-16-10-4)80-62-46-45-47-63-81-75-85-77(83-71-56-60-73(61-57-71)93-69-53-44-38-36-34-32-26-20-14-8-2)89-79(87-75)91(66-50-41-29-23-17-11-5)67-51-42-30-24-18-12-6/h54-61H,7-53,62-69H2,1-6H3,(H2,80,82,84,86,88)(H2,81,83,85,87,89). The number of benzene rings is 2. The van der Waals surface area contributed by atoms with E-state index in [9.17, 15) is 0 Å². The SMILES string of the molecule is CCCCCCCCCCCCOc1ccc(Nc2nc(NCCCCCNc3nc(Nc4ccc(OCCCCCCCCCCCC)cc4)nc(N(CCCCCCCC)CCCCCCCC)n3)nc(N(CCCCCCCC)CCCCCCCC)n2)cc1. The van der Waals surface area contributed by atoms with E-state index in [0.717, 1.165) is 145 Å². The van der Waals surface area contributed by atoms with Crippen LogP contribution in [0.4, 0.5) is 47.1 Å². The summed E-state index contributed by atoms with van der Waals surface area (Å²) in [5, 5.41) is 14.4. The van der Waals surface area contributed by atoms with Crippen molar-refractivity contribution >= 4 is 47.1 Å². The molecule has 4 aromatic rings. The van der Waals surface area contributed by atoms with Gasteiger partial charge in [-0.05, 0) is 106 Å². The van der Waals surface area contributed by atoms with Crippen molar-refractivity contribution in [3.8, 4) is 11.5 Å². The van der Waals surface area contributed by atoms with Gasteiger partial charge >= 0.3 is 0 Å². The summed E-state index contributed by atoms with van der Waals surface area (Å²) in [6.45, 7) is 20.5. The molecular formula is C79H140N12O2. The number of hydrogen-bond donors (Lipinski definition) is 4. The van der Waals surface area contributed by atoms with Crippen molar-refractivity contribution in [1.82, 2.24) is 29.9 Å². The lowest BCUT2D eigenvalue weighted by molar-refractivity contribution is 0.304. The first-order valence-corrected chi connectivity index (χ1v) is 39.5. The molecule has 2 heterocycles. The van der Waals surface area contributed by atoms with E-state index in [1.807, 2.05) is 0 Å². The second-order valence-electron chi connectivity index (χ2n) is 26.9. The van der Waals surface area contributed by atoms with E-state index in [-0.39, 0.29) is 0 Å². The Balaban J connectivity index is 1.42. The molecule has 2 aromatic heterocycles. The molecule has 0 amide bonds. The van der Waals surface area contributed by atoms with E-state index in [4.69, 9.17) is 39.4 Å². The Kier molecular flexibility index (Phi) is 49.3. The second-order valence-corrected chi connectivity index (χ2v) is 26.9. The first-order chi connectivity index (χ1) is 46.0. The number of ether oxygens (including phenoxy) is 2. The molecule has 528 valence electrons. The summed E-state index contributed by atoms with van der Waals surface area (Å²) in [4.78, 5) is 35.4. The molecule has 0 spiro atoms. The lowest BCUT2D eigenvalue weighted by atomic mass is 10.1. The smallest absolute Gasteiger partial charge is 0.233 e. The minimum absolute atomic E-state index is 0.561. The maximum absolute atomic E-state index is 6.20. The highest BCUT2D eigenvalue weighted by Gasteiger charge is 2.17. The third-order valence-electron chi connectivity index (χ3n) is 18.1. The molecule has 93 heavy (non-hydrogen) atoms. The van der Waals surface area contributed by atoms with Gasteiger partial charge in [0, 0.05) is 50.6 Å². The van der Waals surface area contributed by atoms with Gasteiger partial charge in [0.2, 0.25) is 35.7 Å². The number of aromatic nitrogens is 6. The van der Waals surface area contributed by atoms with Gasteiger partial charge in [0.05, 0.1) is 13.2 Å². The van der Waals surface area contributed by atoms with Crippen LogP contribution < -0.4 is 40.5 Å². The zero-order valence-electron chi connectivity index (χ0n) is 60.9. The van der Waals surface area contributed by atoms with E-state index in [2.05, 4.69) is 121 Å². The van der Waals surface area contributed by atoms with Gasteiger partial charge in [-0.25, -0.2) is 0 Å². The molecule has 14 nitrogen and oxygen atoms in total. The van der Waals surface area contributed by atoms with Gasteiger partial charge < -0.3 is 40.5 Å². The monoisotopic (exact) mass is 1290 g/mol. The van der Waals surface area contributed by atoms with E-state index in [1.54, 1.807) is 0 Å². The lowest BCUT2D eigenvalue weighted by Crippen LogP contribution is -2.28. The Labute approximate surface area is 570 Å². The van der Waals surface area contributed by atoms with Crippen molar-refractivity contribution in [3.63, 3.8) is 0 Å². The highest BCUT2D eigenvalue weighted by molar-refractivity contribution is 5.58. The van der Waals surface area contributed by atoms with Gasteiger partial charge in [-0.2, -0.15) is 29.9 Å². The second kappa shape index (κ2) is 57.1. The van der Waals surface area contributed by atoms with Crippen molar-refractivity contribution in [2.24, 2.45) is 0 Å². The Hall–Kier alpha value is -5.14. The van der Waals surface area contributed by atoms with Gasteiger partial charge in [0.25, 0.3) is 0 Å². The van der Waals surface area contributed by atoms with Crippen molar-refractivity contribution in [2.75, 3.05) is 83.5 Å². The summed E-state index contributed by atoms with van der Waals surface area (Å²) in [6, 6.07) is 16.6. The largest absolute Gasteiger partial charge is 0.494 e. The van der Waals surface area contributed by atoms with E-state index >= 15 is 0 Å². The molecule has 0 atom stereocenters. The number of unbranched alkanes of at least 4 members (excludes halogenated alkanes) is 40. The Morgan fingerprint density at radius 3 is 0.774 bits per heavy atom. The molecule has 0 fully saturated rings. The highest BCUT2D eigenvalue weighted by Crippen LogP contribution is 2.26. The summed E-state index contributed by atoms with van der Waals surface area (Å²) < 4.78 is 12.4. The van der Waals surface area contributed by atoms with Gasteiger partial charge in [-0.1, -0.05) is 286 Å². The molecule has 0 aliphatic heterocycles. The molecule has 14 heteroatoms. The van der Waals surface area contributed by atoms with Crippen LogP contribution in [0, 0.1) is 0 Å². The summed E-state index contributed by atoms with van der Waals surface area (Å²) in [5.74, 6) is 5.65. The van der Waals surface area contributed by atoms with E-state index in [1.165, 1.54) is 244 Å². The third kappa shape index (κ3) is 41.4. The van der Waals surface area contributed by atoms with Crippen LogP contribution in [0.3, 0.4) is 0 Å². The van der Waals surface area contributed by atoms with Gasteiger partial charge in [0.15, 0.2) is 0 Å². The molecule has 0 saturated carbocycles. The number of nitrogens with zero attached hydrogens (tertiary/aromatic N) is 8. The maximum atomic E-state index is 6.20. The Morgan fingerprint density at radius 1 is 0.258 bits per heavy atom. The predicted molar refractivity (Wildman–Crippen MR) is 403 cm³/mol. The number of hydrogen-bond acceptors (Lipinski definition) is 14. The minimum atomic E-state index is 0.561. The van der Waals surface area contributed by atoms with E-state index in [0.29, 0.717) is 23.8 Å². The quantitative estimate of drug-likeness (QED) is 0.0311. The van der Waals surface area contributed by atoms with E-state index < -0.39 is 0 Å². The zero-order valence-corrected chi connectivity index (χ0v) is 60.9. The first-order valence-electron chi connectivity index (χ1n) is 39.5. The average molecular weight is 1290 g/mol. The number of anilines is 8. The highest BCUT2D eigenvalue weighted by atomic mass is 16.5. The third-order valence-corrected chi connectivity index (χ3v) is 18.1. The number of rotatable bonds is 66. The van der Waals surface area contributed by atoms with Gasteiger partial charge in [-0.3, -0.25) is 0 Å². The molecule has 4 N–H and O–H groups in total. The van der Waals surface area contributed by atoms with Gasteiger partial charge in [0.1, 0.15) is 11.5 Å². The molecule has 0 bridgehead atoms. The number of nitrogens with one attached hydrogen (secondary N) is 4. The van der Waals surface area contributed by atoms with Gasteiger partial charge in [-0.15, -0.1) is 0 Å². The molecule has 0 aliphatic rings. The molecular weight excluding hydrogens is 1150 g/mol. The summed E-state index contributed by atoms with van der Waals surface area (Å²) in [7, 11) is 0. The molecule has 0 aliphatic carbocycles. The van der Waals surface area contributed by atoms with Crippen LogP contribution in [0.25, 0.3) is 0 Å². The molecule has 4 rings (SSSR count). The van der Waals surface area contributed by atoms with Crippen molar-refractivity contribution in [2.45, 2.75) is 343 Å². The topological polar surface area (TPSA) is 150 Å². The van der Waals surface area contributed by atoms with Crippen LogP contribution in [0.5, 0.6) is 11.5 Å². The fourth-order valence-electron chi connectivity index (χ4n) is 12.2. The van der Waals surface area contributed by atoms with Crippen molar-refractivity contribution in [1.29, 1.82) is 0 Å². The fourth-order valence-corrected chi connectivity index (χ4v) is 12.2. The molecule has 0 radical (unpaired) electrons. The molecule has 0 saturated heterocycles. The summed E-state index contributed by atoms with van der Waals surface area (Å²) >= 11 is 0. The maximum Gasteiger partial charge on any atom is 0.233 e. The Morgan fingerprint density at radius 2 is 0.495 bits per heavy atom. The normalized spacial score (nSPS) is 11.3. The van der Waals surface area contributed by atoms with Crippen LogP contribution in [-0.2, 0) is 0 Å². The van der Waals surface area contributed by atoms with Crippen LogP contribution in [0.1, 0.15) is 343 Å². The fraction of sp³-hybridized carbons (Fsp3) is 0.772. The molecule has 2 aromatic carbocycles. The van der Waals surface area contributed by atoms with Crippen LogP contribution in [0.15, 0.2) is 48.5 Å². The summed E-state index contributed by atoms with van der Waals surface area (Å²) in [5.41, 5.74) is 1.86. The van der Waals surface area contributed by atoms with Crippen molar-refractivity contribution in [3.05, 3.63) is 48.5 Å². The zero-order chi connectivity index (χ0) is 66.0. The van der Waals surface area contributed by atoms with Crippen LogP contribution >= 0.6 is 0 Å². The molecule has 0 unspecified atom stereocenters. The minimum Gasteiger partial charge on any atom is -0.494 e. The van der Waals surface area contributed by atoms with Crippen molar-refractivity contribution < 1.29 is 9.47 Å². The average Bonchev–Trinajstić information content (AvgIpc) is 1.57.